The summed E-state index contributed by atoms with van der Waals surface area (Å²) in [5, 5.41) is 2.32. The average Bonchev–Trinajstić information content (AvgIpc) is 2.59. The fourth-order valence-corrected chi connectivity index (χ4v) is 3.60. The highest BCUT2D eigenvalue weighted by molar-refractivity contribution is 6.00. The number of ketones is 1. The number of hydrogen-bond donors (Lipinski definition) is 1. The first-order valence-corrected chi connectivity index (χ1v) is 8.82. The van der Waals surface area contributed by atoms with Crippen molar-refractivity contribution in [2.45, 2.75) is 44.9 Å². The van der Waals surface area contributed by atoms with Crippen molar-refractivity contribution >= 4 is 23.3 Å². The van der Waals surface area contributed by atoms with Crippen molar-refractivity contribution in [3.63, 3.8) is 0 Å². The van der Waals surface area contributed by atoms with Gasteiger partial charge in [0.1, 0.15) is 5.78 Å². The van der Waals surface area contributed by atoms with E-state index in [9.17, 15) is 14.4 Å². The van der Waals surface area contributed by atoms with E-state index in [1.54, 1.807) is 0 Å². The number of Topliss-reactive ketones (excluding diaryl/α,β-unsaturated/α-hetero) is 1. The van der Waals surface area contributed by atoms with Crippen LogP contribution in [0, 0.1) is 5.92 Å². The number of imide groups is 1. The number of nitrogens with one attached hydrogen (secondary N) is 1. The maximum absolute atomic E-state index is 12.5. The minimum Gasteiger partial charge on any atom is -0.371 e. The van der Waals surface area contributed by atoms with Crippen LogP contribution in [0.1, 0.15) is 44.1 Å². The molecule has 2 heterocycles. The topological polar surface area (TPSA) is 66.5 Å². The van der Waals surface area contributed by atoms with Gasteiger partial charge in [-0.05, 0) is 37.3 Å². The van der Waals surface area contributed by atoms with E-state index in [1.165, 1.54) is 19.3 Å². The monoisotopic (exact) mass is 328 g/mol. The lowest BCUT2D eigenvalue weighted by molar-refractivity contribution is -0.138. The van der Waals surface area contributed by atoms with Crippen LogP contribution in [0.4, 0.5) is 5.69 Å². The molecule has 1 aromatic carbocycles. The van der Waals surface area contributed by atoms with Crippen LogP contribution in [0.5, 0.6) is 0 Å². The molecule has 24 heavy (non-hydrogen) atoms. The highest BCUT2D eigenvalue weighted by atomic mass is 16.2. The number of benzene rings is 1. The smallest absolute Gasteiger partial charge is 0.230 e. The third-order valence-corrected chi connectivity index (χ3v) is 4.90. The molecular formula is C19H24N2O3. The number of carbonyl (C=O) groups excluding carboxylic acids is 3. The van der Waals surface area contributed by atoms with E-state index in [-0.39, 0.29) is 29.9 Å². The number of hydrogen-bond acceptors (Lipinski definition) is 4. The first-order valence-electron chi connectivity index (χ1n) is 8.82. The molecule has 0 bridgehead atoms. The Balaban J connectivity index is 1.64. The number of carbonyl (C=O) groups is 3. The van der Waals surface area contributed by atoms with Crippen LogP contribution in [0.25, 0.3) is 0 Å². The molecule has 1 atom stereocenters. The van der Waals surface area contributed by atoms with Crippen molar-refractivity contribution in [2.75, 3.05) is 18.0 Å². The lowest BCUT2D eigenvalue weighted by Crippen LogP contribution is -2.41. The zero-order chi connectivity index (χ0) is 16.9. The lowest BCUT2D eigenvalue weighted by Gasteiger charge is -2.30. The largest absolute Gasteiger partial charge is 0.371 e. The van der Waals surface area contributed by atoms with Crippen molar-refractivity contribution in [3.05, 3.63) is 29.8 Å². The van der Waals surface area contributed by atoms with Crippen molar-refractivity contribution < 1.29 is 14.4 Å². The Labute approximate surface area is 142 Å². The fraction of sp³-hybridized carbons (Fsp3) is 0.526. The molecular weight excluding hydrogens is 304 g/mol. The number of amides is 2. The molecule has 3 rings (SSSR count). The Kier molecular flexibility index (Phi) is 5.28. The standard InChI is InChI=1S/C19H24N2O3/c22-16(13-15-8-9-18(23)20-19(15)24)12-14-6-2-3-7-17(14)21-10-4-1-5-11-21/h2-3,6-7,15H,1,4-5,8-13H2,(H,20,23,24). The molecule has 5 nitrogen and oxygen atoms in total. The highest BCUT2D eigenvalue weighted by Crippen LogP contribution is 2.26. The minimum absolute atomic E-state index is 0.0639. The SMILES string of the molecule is O=C(Cc1ccccc1N1CCCCC1)CC1CCC(=O)NC1=O. The molecule has 0 aliphatic carbocycles. The third kappa shape index (κ3) is 4.02. The predicted molar refractivity (Wildman–Crippen MR) is 91.7 cm³/mol. The van der Waals surface area contributed by atoms with Crippen LogP contribution in [0.3, 0.4) is 0 Å². The molecule has 0 spiro atoms. The Morgan fingerprint density at radius 3 is 2.62 bits per heavy atom. The van der Waals surface area contributed by atoms with Crippen molar-refractivity contribution in [1.82, 2.24) is 5.32 Å². The van der Waals surface area contributed by atoms with E-state index in [2.05, 4.69) is 16.3 Å². The average molecular weight is 328 g/mol. The van der Waals surface area contributed by atoms with Gasteiger partial charge >= 0.3 is 0 Å². The molecule has 0 aromatic heterocycles. The lowest BCUT2D eigenvalue weighted by atomic mass is 9.90. The Morgan fingerprint density at radius 2 is 1.88 bits per heavy atom. The summed E-state index contributed by atoms with van der Waals surface area (Å²) in [6.45, 7) is 2.08. The number of rotatable bonds is 5. The van der Waals surface area contributed by atoms with Gasteiger partial charge in [0, 0.05) is 44.0 Å². The van der Waals surface area contributed by atoms with Gasteiger partial charge < -0.3 is 4.90 Å². The van der Waals surface area contributed by atoms with Crippen molar-refractivity contribution in [2.24, 2.45) is 5.92 Å². The van der Waals surface area contributed by atoms with Gasteiger partial charge in [-0.15, -0.1) is 0 Å². The van der Waals surface area contributed by atoms with Gasteiger partial charge in [0.05, 0.1) is 0 Å². The minimum atomic E-state index is -0.364. The summed E-state index contributed by atoms with van der Waals surface area (Å²) in [4.78, 5) is 37.8. The summed E-state index contributed by atoms with van der Waals surface area (Å²) in [5.74, 6) is -0.839. The Bertz CT molecular complexity index is 635. The molecule has 2 aliphatic rings. The number of para-hydroxylation sites is 1. The van der Waals surface area contributed by atoms with Crippen molar-refractivity contribution in [1.29, 1.82) is 0 Å². The van der Waals surface area contributed by atoms with Gasteiger partial charge in [-0.25, -0.2) is 0 Å². The van der Waals surface area contributed by atoms with Gasteiger partial charge in [-0.2, -0.15) is 0 Å². The van der Waals surface area contributed by atoms with Gasteiger partial charge in [0.2, 0.25) is 11.8 Å². The van der Waals surface area contributed by atoms with E-state index >= 15 is 0 Å². The molecule has 2 fully saturated rings. The van der Waals surface area contributed by atoms with Crippen LogP contribution in [-0.2, 0) is 20.8 Å². The van der Waals surface area contributed by atoms with Gasteiger partial charge in [0.25, 0.3) is 0 Å². The molecule has 0 saturated carbocycles. The normalized spacial score (nSPS) is 21.5. The van der Waals surface area contributed by atoms with Crippen LogP contribution in [0.2, 0.25) is 0 Å². The van der Waals surface area contributed by atoms with E-state index < -0.39 is 0 Å². The molecule has 1 aromatic rings. The highest BCUT2D eigenvalue weighted by Gasteiger charge is 2.28. The maximum atomic E-state index is 12.5. The van der Waals surface area contributed by atoms with Gasteiger partial charge in [-0.1, -0.05) is 18.2 Å². The summed E-state index contributed by atoms with van der Waals surface area (Å²) in [6.07, 6.45) is 5.03. The van der Waals surface area contributed by atoms with Crippen LogP contribution in [0.15, 0.2) is 24.3 Å². The van der Waals surface area contributed by atoms with E-state index in [1.807, 2.05) is 18.2 Å². The maximum Gasteiger partial charge on any atom is 0.230 e. The molecule has 2 aliphatic heterocycles. The molecule has 2 amide bonds. The molecule has 0 radical (unpaired) electrons. The molecule has 1 unspecified atom stereocenters. The Hall–Kier alpha value is -2.17. The first kappa shape index (κ1) is 16.7. The van der Waals surface area contributed by atoms with Gasteiger partial charge in [-0.3, -0.25) is 19.7 Å². The molecule has 1 N–H and O–H groups in total. The Morgan fingerprint density at radius 1 is 1.12 bits per heavy atom. The molecule has 2 saturated heterocycles. The second-order valence-corrected chi connectivity index (χ2v) is 6.74. The second-order valence-electron chi connectivity index (χ2n) is 6.74. The summed E-state index contributed by atoms with van der Waals surface area (Å²) in [5.41, 5.74) is 2.19. The zero-order valence-electron chi connectivity index (χ0n) is 13.9. The third-order valence-electron chi connectivity index (χ3n) is 4.90. The number of piperidine rings is 2. The van der Waals surface area contributed by atoms with Crippen molar-refractivity contribution in [3.8, 4) is 0 Å². The van der Waals surface area contributed by atoms with Crippen LogP contribution >= 0.6 is 0 Å². The van der Waals surface area contributed by atoms with E-state index in [0.29, 0.717) is 19.3 Å². The van der Waals surface area contributed by atoms with E-state index in [0.717, 1.165) is 24.3 Å². The predicted octanol–water partition coefficient (Wildman–Crippen LogP) is 2.23. The van der Waals surface area contributed by atoms with E-state index in [4.69, 9.17) is 0 Å². The first-order chi connectivity index (χ1) is 11.6. The number of anilines is 1. The zero-order valence-corrected chi connectivity index (χ0v) is 13.9. The fourth-order valence-electron chi connectivity index (χ4n) is 3.60. The molecule has 128 valence electrons. The quantitative estimate of drug-likeness (QED) is 0.842. The summed E-state index contributed by atoms with van der Waals surface area (Å²) >= 11 is 0. The molecule has 5 heteroatoms. The second kappa shape index (κ2) is 7.60. The summed E-state index contributed by atoms with van der Waals surface area (Å²) in [7, 11) is 0. The van der Waals surface area contributed by atoms with Crippen LogP contribution < -0.4 is 10.2 Å². The summed E-state index contributed by atoms with van der Waals surface area (Å²) in [6, 6.07) is 8.06. The number of nitrogens with zero attached hydrogens (tertiary/aromatic N) is 1. The summed E-state index contributed by atoms with van der Waals surface area (Å²) < 4.78 is 0. The van der Waals surface area contributed by atoms with Crippen LogP contribution in [-0.4, -0.2) is 30.7 Å². The van der Waals surface area contributed by atoms with Gasteiger partial charge in [0.15, 0.2) is 0 Å².